The Balaban J connectivity index is 1.58. The van der Waals surface area contributed by atoms with Gasteiger partial charge in [-0.05, 0) is 44.8 Å². The van der Waals surface area contributed by atoms with E-state index in [-0.39, 0.29) is 6.04 Å². The van der Waals surface area contributed by atoms with E-state index in [9.17, 15) is 5.11 Å². The molecular formula is C26H21NO. The van der Waals surface area contributed by atoms with Gasteiger partial charge in [-0.15, -0.1) is 0 Å². The molecule has 0 saturated carbocycles. The maximum Gasteiger partial charge on any atom is 0.101 e. The van der Waals surface area contributed by atoms with Gasteiger partial charge >= 0.3 is 0 Å². The van der Waals surface area contributed by atoms with Gasteiger partial charge in [-0.3, -0.25) is 4.99 Å². The molecule has 2 heteroatoms. The summed E-state index contributed by atoms with van der Waals surface area (Å²) < 4.78 is 0. The Morgan fingerprint density at radius 2 is 1.36 bits per heavy atom. The van der Waals surface area contributed by atoms with Crippen LogP contribution in [0.25, 0.3) is 32.3 Å². The lowest BCUT2D eigenvalue weighted by Crippen LogP contribution is -2.12. The summed E-state index contributed by atoms with van der Waals surface area (Å²) in [5.74, 6) is 0. The zero-order valence-corrected chi connectivity index (χ0v) is 15.7. The van der Waals surface area contributed by atoms with Gasteiger partial charge in [0.1, 0.15) is 6.10 Å². The summed E-state index contributed by atoms with van der Waals surface area (Å²) >= 11 is 0. The van der Waals surface area contributed by atoms with Crippen LogP contribution < -0.4 is 0 Å². The van der Waals surface area contributed by atoms with Gasteiger partial charge in [0, 0.05) is 11.8 Å². The number of benzene rings is 5. The van der Waals surface area contributed by atoms with Gasteiger partial charge in [-0.25, -0.2) is 0 Å². The molecule has 5 aromatic carbocycles. The van der Waals surface area contributed by atoms with Crippen LogP contribution in [0.3, 0.4) is 0 Å². The Labute approximate surface area is 164 Å². The van der Waals surface area contributed by atoms with Crippen LogP contribution in [0.2, 0.25) is 0 Å². The van der Waals surface area contributed by atoms with Gasteiger partial charge < -0.3 is 5.11 Å². The number of rotatable bonds is 4. The number of aliphatic hydroxyl groups is 1. The fourth-order valence-electron chi connectivity index (χ4n) is 4.08. The van der Waals surface area contributed by atoms with E-state index in [2.05, 4.69) is 59.6 Å². The second-order valence-electron chi connectivity index (χ2n) is 7.39. The zero-order chi connectivity index (χ0) is 19.1. The molecule has 28 heavy (non-hydrogen) atoms. The van der Waals surface area contributed by atoms with Crippen LogP contribution in [0.5, 0.6) is 0 Å². The molecular weight excluding hydrogens is 342 g/mol. The minimum Gasteiger partial charge on any atom is -0.386 e. The molecule has 5 aromatic rings. The largest absolute Gasteiger partial charge is 0.386 e. The topological polar surface area (TPSA) is 32.6 Å². The highest BCUT2D eigenvalue weighted by atomic mass is 16.3. The average molecular weight is 363 g/mol. The molecule has 5 rings (SSSR count). The summed E-state index contributed by atoms with van der Waals surface area (Å²) in [7, 11) is 0. The van der Waals surface area contributed by atoms with Crippen LogP contribution >= 0.6 is 0 Å². The van der Waals surface area contributed by atoms with Gasteiger partial charge in [0.25, 0.3) is 0 Å². The van der Waals surface area contributed by atoms with E-state index in [0.29, 0.717) is 0 Å². The summed E-state index contributed by atoms with van der Waals surface area (Å²) in [6.45, 7) is 1.95. The Kier molecular flexibility index (Phi) is 4.07. The van der Waals surface area contributed by atoms with E-state index in [4.69, 9.17) is 0 Å². The molecule has 2 nitrogen and oxygen atoms in total. The third kappa shape index (κ3) is 2.74. The molecule has 0 fully saturated rings. The lowest BCUT2D eigenvalue weighted by molar-refractivity contribution is 0.154. The Morgan fingerprint density at radius 1 is 0.714 bits per heavy atom. The van der Waals surface area contributed by atoms with Gasteiger partial charge in [0.05, 0.1) is 6.04 Å². The van der Waals surface area contributed by atoms with E-state index in [0.717, 1.165) is 11.1 Å². The first kappa shape index (κ1) is 16.9. The number of hydrogen-bond acceptors (Lipinski definition) is 2. The van der Waals surface area contributed by atoms with Crippen LogP contribution in [-0.4, -0.2) is 17.4 Å². The number of aliphatic hydroxyl groups excluding tert-OH is 1. The number of hydrogen-bond donors (Lipinski definition) is 1. The van der Waals surface area contributed by atoms with Gasteiger partial charge in [0.15, 0.2) is 0 Å². The van der Waals surface area contributed by atoms with E-state index < -0.39 is 6.10 Å². The van der Waals surface area contributed by atoms with Crippen LogP contribution in [0, 0.1) is 0 Å². The van der Waals surface area contributed by atoms with Crippen molar-refractivity contribution in [1.29, 1.82) is 0 Å². The first-order valence-corrected chi connectivity index (χ1v) is 9.65. The smallest absolute Gasteiger partial charge is 0.101 e. The van der Waals surface area contributed by atoms with Crippen molar-refractivity contribution in [2.45, 2.75) is 19.1 Å². The fourth-order valence-corrected chi connectivity index (χ4v) is 4.08. The van der Waals surface area contributed by atoms with Crippen LogP contribution in [0.4, 0.5) is 0 Å². The normalized spacial score (nSPS) is 14.4. The standard InChI is InChI=1S/C26H21NO/c1-17(26(28)21-6-3-2-4-7-21)27-16-22-13-12-20-11-10-18-8-5-9-19-14-15-23(22)25(20)24(18)19/h2-17,26,28H,1H3/t17-,26-/m0/s1. The average Bonchev–Trinajstić information content (AvgIpc) is 2.76. The van der Waals surface area contributed by atoms with Crippen LogP contribution in [-0.2, 0) is 0 Å². The summed E-state index contributed by atoms with van der Waals surface area (Å²) in [4.78, 5) is 4.68. The Morgan fingerprint density at radius 3 is 2.11 bits per heavy atom. The molecule has 0 saturated heterocycles. The van der Waals surface area contributed by atoms with Crippen molar-refractivity contribution < 1.29 is 5.11 Å². The first-order valence-electron chi connectivity index (χ1n) is 9.65. The zero-order valence-electron chi connectivity index (χ0n) is 15.7. The highest BCUT2D eigenvalue weighted by Crippen LogP contribution is 2.35. The summed E-state index contributed by atoms with van der Waals surface area (Å²) in [6, 6.07) is 29.0. The monoisotopic (exact) mass is 363 g/mol. The molecule has 0 aliphatic carbocycles. The van der Waals surface area contributed by atoms with Crippen molar-refractivity contribution in [3.63, 3.8) is 0 Å². The molecule has 0 spiro atoms. The van der Waals surface area contributed by atoms with Crippen molar-refractivity contribution in [2.75, 3.05) is 0 Å². The molecule has 0 unspecified atom stereocenters. The molecule has 0 heterocycles. The van der Waals surface area contributed by atoms with Gasteiger partial charge in [-0.1, -0.05) is 84.9 Å². The van der Waals surface area contributed by atoms with Crippen LogP contribution in [0.1, 0.15) is 24.2 Å². The van der Waals surface area contributed by atoms with E-state index in [1.54, 1.807) is 0 Å². The minimum absolute atomic E-state index is 0.221. The molecule has 0 aliphatic rings. The molecule has 0 bridgehead atoms. The first-order chi connectivity index (χ1) is 13.7. The molecule has 0 radical (unpaired) electrons. The summed E-state index contributed by atoms with van der Waals surface area (Å²) in [5, 5.41) is 18.2. The lowest BCUT2D eigenvalue weighted by atomic mass is 9.92. The maximum atomic E-state index is 10.6. The second-order valence-corrected chi connectivity index (χ2v) is 7.39. The maximum absolute atomic E-state index is 10.6. The highest BCUT2D eigenvalue weighted by Gasteiger charge is 2.15. The van der Waals surface area contributed by atoms with Crippen molar-refractivity contribution in [3.8, 4) is 0 Å². The summed E-state index contributed by atoms with van der Waals surface area (Å²) in [6.07, 6.45) is 1.29. The van der Waals surface area contributed by atoms with Gasteiger partial charge in [-0.2, -0.15) is 0 Å². The SMILES string of the molecule is C[C@H](N=Cc1ccc2ccc3cccc4ccc1c2c34)[C@H](O)c1ccccc1. The molecule has 136 valence electrons. The molecule has 0 aromatic heterocycles. The van der Waals surface area contributed by atoms with Crippen molar-refractivity contribution >= 4 is 38.5 Å². The third-order valence-electron chi connectivity index (χ3n) is 5.61. The molecule has 0 aliphatic heterocycles. The molecule has 2 atom stereocenters. The Hall–Kier alpha value is -3.23. The lowest BCUT2D eigenvalue weighted by Gasteiger charge is -2.16. The predicted octanol–water partition coefficient (Wildman–Crippen LogP) is 6.13. The van der Waals surface area contributed by atoms with E-state index >= 15 is 0 Å². The predicted molar refractivity (Wildman–Crippen MR) is 119 cm³/mol. The Bertz CT molecular complexity index is 1270. The molecule has 0 amide bonds. The van der Waals surface area contributed by atoms with Gasteiger partial charge in [0.2, 0.25) is 0 Å². The quantitative estimate of drug-likeness (QED) is 0.302. The van der Waals surface area contributed by atoms with Crippen molar-refractivity contribution in [1.82, 2.24) is 0 Å². The fraction of sp³-hybridized carbons (Fsp3) is 0.115. The highest BCUT2D eigenvalue weighted by molar-refractivity contribution is 6.25. The summed E-state index contributed by atoms with van der Waals surface area (Å²) in [5.41, 5.74) is 1.97. The number of aliphatic imine (C=N–C) groups is 1. The number of nitrogens with zero attached hydrogens (tertiary/aromatic N) is 1. The van der Waals surface area contributed by atoms with E-state index in [1.165, 1.54) is 32.3 Å². The van der Waals surface area contributed by atoms with Crippen molar-refractivity contribution in [2.24, 2.45) is 4.99 Å². The minimum atomic E-state index is -0.614. The third-order valence-corrected chi connectivity index (χ3v) is 5.61. The van der Waals surface area contributed by atoms with E-state index in [1.807, 2.05) is 43.5 Å². The molecule has 1 N–H and O–H groups in total. The van der Waals surface area contributed by atoms with Crippen LogP contribution in [0.15, 0.2) is 89.9 Å². The van der Waals surface area contributed by atoms with Crippen molar-refractivity contribution in [3.05, 3.63) is 96.1 Å². The second kappa shape index (κ2) is 6.74.